The van der Waals surface area contributed by atoms with Gasteiger partial charge >= 0.3 is 5.97 Å². The second-order valence-corrected chi connectivity index (χ2v) is 4.83. The van der Waals surface area contributed by atoms with Crippen LogP contribution in [-0.2, 0) is 14.3 Å². The van der Waals surface area contributed by atoms with Gasteiger partial charge in [-0.1, -0.05) is 23.7 Å². The van der Waals surface area contributed by atoms with Crippen LogP contribution in [0.4, 0.5) is 5.69 Å². The van der Waals surface area contributed by atoms with Crippen molar-refractivity contribution in [1.29, 1.82) is 0 Å². The number of benzene rings is 1. The maximum absolute atomic E-state index is 12.0. The molecular weight excluding hydrogens is 284 g/mol. The number of nitrogens with one attached hydrogen (secondary N) is 1. The average Bonchev–Trinajstić information content (AvgIpc) is 2.41. The van der Waals surface area contributed by atoms with E-state index in [1.807, 2.05) is 0 Å². The highest BCUT2D eigenvalue weighted by Crippen LogP contribution is 2.20. The molecule has 0 aromatic heterocycles. The van der Waals surface area contributed by atoms with Crippen LogP contribution < -0.4 is 5.32 Å². The van der Waals surface area contributed by atoms with E-state index in [1.54, 1.807) is 29.2 Å². The number of nitrogens with zero attached hydrogens (tertiary/aromatic N) is 1. The van der Waals surface area contributed by atoms with Gasteiger partial charge in [0.1, 0.15) is 6.04 Å². The molecule has 1 saturated heterocycles. The lowest BCUT2D eigenvalue weighted by molar-refractivity contribution is -0.150. The van der Waals surface area contributed by atoms with Crippen LogP contribution in [0.5, 0.6) is 0 Å². The fourth-order valence-electron chi connectivity index (χ4n) is 1.99. The van der Waals surface area contributed by atoms with Crippen molar-refractivity contribution in [3.05, 3.63) is 29.3 Å². The fraction of sp³-hybridized carbons (Fsp3) is 0.385. The number of morpholine rings is 1. The topological polar surface area (TPSA) is 78.9 Å². The molecule has 0 aliphatic carbocycles. The van der Waals surface area contributed by atoms with E-state index < -0.39 is 12.0 Å². The van der Waals surface area contributed by atoms with Crippen molar-refractivity contribution in [2.24, 2.45) is 0 Å². The van der Waals surface area contributed by atoms with Gasteiger partial charge in [0.25, 0.3) is 0 Å². The summed E-state index contributed by atoms with van der Waals surface area (Å²) < 4.78 is 5.12. The van der Waals surface area contributed by atoms with Crippen LogP contribution in [0.3, 0.4) is 0 Å². The van der Waals surface area contributed by atoms with Crippen LogP contribution in [0, 0.1) is 0 Å². The maximum Gasteiger partial charge on any atom is 0.323 e. The van der Waals surface area contributed by atoms with E-state index in [1.165, 1.54) is 0 Å². The highest BCUT2D eigenvalue weighted by Gasteiger charge is 2.30. The van der Waals surface area contributed by atoms with Crippen LogP contribution >= 0.6 is 11.6 Å². The highest BCUT2D eigenvalue weighted by molar-refractivity contribution is 6.33. The van der Waals surface area contributed by atoms with E-state index >= 15 is 0 Å². The van der Waals surface area contributed by atoms with Crippen molar-refractivity contribution < 1.29 is 19.4 Å². The lowest BCUT2D eigenvalue weighted by Crippen LogP contribution is -2.52. The Labute approximate surface area is 121 Å². The number of para-hydroxylation sites is 1. The number of anilines is 1. The number of rotatable bonds is 4. The summed E-state index contributed by atoms with van der Waals surface area (Å²) >= 11 is 5.95. The molecule has 1 aromatic rings. The molecule has 1 aliphatic heterocycles. The molecule has 1 heterocycles. The lowest BCUT2D eigenvalue weighted by Gasteiger charge is -2.32. The Morgan fingerprint density at radius 1 is 1.45 bits per heavy atom. The Morgan fingerprint density at radius 3 is 2.90 bits per heavy atom. The number of hydrogen-bond donors (Lipinski definition) is 2. The molecule has 2 rings (SSSR count). The zero-order valence-electron chi connectivity index (χ0n) is 10.7. The molecule has 1 amide bonds. The third-order valence-corrected chi connectivity index (χ3v) is 3.35. The van der Waals surface area contributed by atoms with Crippen molar-refractivity contribution in [3.63, 3.8) is 0 Å². The first-order valence-electron chi connectivity index (χ1n) is 6.17. The van der Waals surface area contributed by atoms with E-state index in [0.717, 1.165) is 0 Å². The molecule has 2 N–H and O–H groups in total. The Balaban J connectivity index is 1.96. The van der Waals surface area contributed by atoms with E-state index in [9.17, 15) is 9.59 Å². The predicted octanol–water partition coefficient (Wildman–Crippen LogP) is 1.06. The zero-order chi connectivity index (χ0) is 14.5. The number of carbonyl (C=O) groups excluding carboxylic acids is 1. The molecule has 0 radical (unpaired) electrons. The normalized spacial score (nSPS) is 19.6. The van der Waals surface area contributed by atoms with Gasteiger partial charge in [0.2, 0.25) is 5.91 Å². The van der Waals surface area contributed by atoms with Crippen molar-refractivity contribution in [2.45, 2.75) is 6.04 Å². The minimum Gasteiger partial charge on any atom is -0.480 e. The second kappa shape index (κ2) is 6.69. The molecule has 1 aromatic carbocycles. The predicted molar refractivity (Wildman–Crippen MR) is 73.9 cm³/mol. The molecule has 108 valence electrons. The Bertz CT molecular complexity index is 509. The summed E-state index contributed by atoms with van der Waals surface area (Å²) in [6.07, 6.45) is 0. The molecule has 1 fully saturated rings. The van der Waals surface area contributed by atoms with Crippen LogP contribution in [0.1, 0.15) is 0 Å². The molecule has 0 spiro atoms. The fourth-order valence-corrected chi connectivity index (χ4v) is 2.17. The quantitative estimate of drug-likeness (QED) is 0.869. The van der Waals surface area contributed by atoms with Gasteiger partial charge in [0.05, 0.1) is 30.5 Å². The number of aliphatic carboxylic acids is 1. The Hall–Kier alpha value is -1.63. The summed E-state index contributed by atoms with van der Waals surface area (Å²) in [7, 11) is 0. The summed E-state index contributed by atoms with van der Waals surface area (Å²) in [6.45, 7) is 0.913. The summed E-state index contributed by atoms with van der Waals surface area (Å²) in [5, 5.41) is 12.2. The largest absolute Gasteiger partial charge is 0.480 e. The third kappa shape index (κ3) is 3.69. The van der Waals surface area contributed by atoms with Gasteiger partial charge in [-0.2, -0.15) is 0 Å². The summed E-state index contributed by atoms with van der Waals surface area (Å²) in [4.78, 5) is 24.6. The van der Waals surface area contributed by atoms with Crippen molar-refractivity contribution >= 4 is 29.2 Å². The van der Waals surface area contributed by atoms with Crippen LogP contribution in [0.15, 0.2) is 24.3 Å². The zero-order valence-corrected chi connectivity index (χ0v) is 11.5. The van der Waals surface area contributed by atoms with Gasteiger partial charge in [-0.3, -0.25) is 14.5 Å². The monoisotopic (exact) mass is 298 g/mol. The third-order valence-electron chi connectivity index (χ3n) is 3.02. The highest BCUT2D eigenvalue weighted by atomic mass is 35.5. The first-order valence-corrected chi connectivity index (χ1v) is 6.54. The number of ether oxygens (including phenoxy) is 1. The molecule has 7 heteroatoms. The molecule has 1 aliphatic rings. The molecule has 1 unspecified atom stereocenters. The molecule has 0 saturated carbocycles. The maximum atomic E-state index is 12.0. The van der Waals surface area contributed by atoms with Crippen molar-refractivity contribution in [2.75, 3.05) is 31.6 Å². The van der Waals surface area contributed by atoms with E-state index in [4.69, 9.17) is 21.4 Å². The van der Waals surface area contributed by atoms with Gasteiger partial charge in [0, 0.05) is 6.54 Å². The first kappa shape index (κ1) is 14.8. The van der Waals surface area contributed by atoms with Gasteiger partial charge in [-0.25, -0.2) is 0 Å². The minimum atomic E-state index is -0.991. The minimum absolute atomic E-state index is 0.00838. The van der Waals surface area contributed by atoms with Crippen LogP contribution in [0.2, 0.25) is 5.02 Å². The van der Waals surface area contributed by atoms with E-state index in [0.29, 0.717) is 23.9 Å². The van der Waals surface area contributed by atoms with Crippen LogP contribution in [0.25, 0.3) is 0 Å². The Kier molecular flexibility index (Phi) is 4.94. The van der Waals surface area contributed by atoms with Gasteiger partial charge in [-0.05, 0) is 12.1 Å². The smallest absolute Gasteiger partial charge is 0.323 e. The SMILES string of the molecule is O=C(CN1CCOCC1C(=O)O)Nc1ccccc1Cl. The van der Waals surface area contributed by atoms with Gasteiger partial charge in [0.15, 0.2) is 0 Å². The lowest BCUT2D eigenvalue weighted by atomic mass is 10.2. The number of carboxylic acids is 1. The number of carbonyl (C=O) groups is 2. The number of halogens is 1. The number of hydrogen-bond acceptors (Lipinski definition) is 4. The van der Waals surface area contributed by atoms with E-state index in [-0.39, 0.29) is 19.1 Å². The van der Waals surface area contributed by atoms with E-state index in [2.05, 4.69) is 5.32 Å². The summed E-state index contributed by atoms with van der Waals surface area (Å²) in [6, 6.07) is 6.09. The standard InChI is InChI=1S/C13H15ClN2O4/c14-9-3-1-2-4-10(9)15-12(17)7-16-5-6-20-8-11(16)13(18)19/h1-4,11H,5-8H2,(H,15,17)(H,18,19). The molecule has 6 nitrogen and oxygen atoms in total. The van der Waals surface area contributed by atoms with Crippen LogP contribution in [-0.4, -0.2) is 54.2 Å². The molecular formula is C13H15ClN2O4. The average molecular weight is 299 g/mol. The molecule has 20 heavy (non-hydrogen) atoms. The number of carboxylic acid groups (broad SMARTS) is 1. The number of amides is 1. The second-order valence-electron chi connectivity index (χ2n) is 4.43. The van der Waals surface area contributed by atoms with Gasteiger partial charge < -0.3 is 15.2 Å². The van der Waals surface area contributed by atoms with Gasteiger partial charge in [-0.15, -0.1) is 0 Å². The Morgan fingerprint density at radius 2 is 2.20 bits per heavy atom. The first-order chi connectivity index (χ1) is 9.58. The summed E-state index contributed by atoms with van der Waals surface area (Å²) in [5.74, 6) is -1.29. The van der Waals surface area contributed by atoms with Crippen molar-refractivity contribution in [1.82, 2.24) is 4.90 Å². The molecule has 1 atom stereocenters. The summed E-state index contributed by atoms with van der Waals surface area (Å²) in [5.41, 5.74) is 0.513. The molecule has 0 bridgehead atoms. The van der Waals surface area contributed by atoms with Crippen molar-refractivity contribution in [3.8, 4) is 0 Å².